The summed E-state index contributed by atoms with van der Waals surface area (Å²) in [6.45, 7) is 3.17. The van der Waals surface area contributed by atoms with Crippen molar-refractivity contribution in [2.45, 2.75) is 6.92 Å². The van der Waals surface area contributed by atoms with Gasteiger partial charge in [-0.2, -0.15) is 4.98 Å². The van der Waals surface area contributed by atoms with Gasteiger partial charge in [-0.05, 0) is 56.6 Å². The zero-order chi connectivity index (χ0) is 27.0. The van der Waals surface area contributed by atoms with Crippen molar-refractivity contribution in [1.29, 1.82) is 0 Å². The normalized spacial score (nSPS) is 11.4. The first-order valence-corrected chi connectivity index (χ1v) is 12.3. The number of nitrogens with one attached hydrogen (secondary N) is 3. The SMILES string of the molecule is CC(=O)Nc1cc(Nc2nc(-c3cn(C)c4ccc(F)cc34)c3cc[nH]c3n2)ccc1N(C)CCN(C)C. The minimum absolute atomic E-state index is 0.154. The highest BCUT2D eigenvalue weighted by Gasteiger charge is 2.17. The quantitative estimate of drug-likeness (QED) is 0.271. The van der Waals surface area contributed by atoms with Crippen LogP contribution in [0.3, 0.4) is 0 Å². The topological polar surface area (TPSA) is 94.1 Å². The summed E-state index contributed by atoms with van der Waals surface area (Å²) in [5.41, 5.74) is 5.40. The summed E-state index contributed by atoms with van der Waals surface area (Å²) >= 11 is 0. The number of carbonyl (C=O) groups excluding carboxylic acids is 1. The summed E-state index contributed by atoms with van der Waals surface area (Å²) in [5.74, 6) is -0.0754. The zero-order valence-electron chi connectivity index (χ0n) is 22.1. The molecule has 5 aromatic rings. The van der Waals surface area contributed by atoms with Gasteiger partial charge < -0.3 is 30.0 Å². The molecule has 0 bridgehead atoms. The average Bonchev–Trinajstić information content (AvgIpc) is 3.46. The lowest BCUT2D eigenvalue weighted by molar-refractivity contribution is -0.114. The highest BCUT2D eigenvalue weighted by molar-refractivity contribution is 6.03. The van der Waals surface area contributed by atoms with Gasteiger partial charge in [0, 0.05) is 74.0 Å². The molecule has 0 unspecified atom stereocenters. The van der Waals surface area contributed by atoms with E-state index in [0.717, 1.165) is 46.3 Å². The maximum atomic E-state index is 14.2. The van der Waals surface area contributed by atoms with Crippen molar-refractivity contribution in [2.75, 3.05) is 49.8 Å². The van der Waals surface area contributed by atoms with Crippen LogP contribution in [-0.4, -0.2) is 64.6 Å². The van der Waals surface area contributed by atoms with Crippen LogP contribution in [0.2, 0.25) is 0 Å². The molecular weight excluding hydrogens is 483 g/mol. The highest BCUT2D eigenvalue weighted by atomic mass is 19.1. The Morgan fingerprint density at radius 1 is 1.05 bits per heavy atom. The largest absolute Gasteiger partial charge is 0.372 e. The van der Waals surface area contributed by atoms with E-state index in [4.69, 9.17) is 4.98 Å². The molecule has 38 heavy (non-hydrogen) atoms. The average molecular weight is 515 g/mol. The number of aromatic nitrogens is 4. The number of aryl methyl sites for hydroxylation is 1. The Morgan fingerprint density at radius 2 is 1.87 bits per heavy atom. The van der Waals surface area contributed by atoms with Crippen molar-refractivity contribution in [1.82, 2.24) is 24.4 Å². The third-order valence-electron chi connectivity index (χ3n) is 6.48. The van der Waals surface area contributed by atoms with Crippen molar-refractivity contribution in [3.8, 4) is 11.3 Å². The van der Waals surface area contributed by atoms with Crippen molar-refractivity contribution in [3.05, 3.63) is 60.7 Å². The van der Waals surface area contributed by atoms with Gasteiger partial charge in [0.1, 0.15) is 11.5 Å². The number of amides is 1. The second-order valence-corrected chi connectivity index (χ2v) is 9.71. The first-order valence-electron chi connectivity index (χ1n) is 12.3. The highest BCUT2D eigenvalue weighted by Crippen LogP contribution is 2.35. The standard InChI is InChI=1S/C28H31FN8O/c1-17(38)31-23-15-19(7-9-25(23)36(4)13-12-35(2)3)32-28-33-26(20-10-11-30-27(20)34-28)22-16-37(5)24-8-6-18(29)14-21(22)24/h6-11,14-16H,12-13H2,1-5H3,(H,31,38)(H2,30,32,33,34). The minimum Gasteiger partial charge on any atom is -0.372 e. The van der Waals surface area contributed by atoms with Gasteiger partial charge in [0.25, 0.3) is 0 Å². The number of aromatic amines is 1. The van der Waals surface area contributed by atoms with Gasteiger partial charge in [-0.15, -0.1) is 0 Å². The summed E-state index contributed by atoms with van der Waals surface area (Å²) in [4.78, 5) is 28.8. The van der Waals surface area contributed by atoms with Crippen LogP contribution in [0.4, 0.5) is 27.4 Å². The van der Waals surface area contributed by atoms with E-state index in [2.05, 4.69) is 30.4 Å². The molecule has 0 radical (unpaired) electrons. The van der Waals surface area contributed by atoms with Gasteiger partial charge >= 0.3 is 0 Å². The smallest absolute Gasteiger partial charge is 0.229 e. The molecule has 0 atom stereocenters. The van der Waals surface area contributed by atoms with E-state index in [9.17, 15) is 9.18 Å². The fraction of sp³-hybridized carbons (Fsp3) is 0.250. The Balaban J connectivity index is 1.54. The molecule has 0 aliphatic carbocycles. The molecule has 9 nitrogen and oxygen atoms in total. The van der Waals surface area contributed by atoms with Crippen LogP contribution in [0.5, 0.6) is 0 Å². The second-order valence-electron chi connectivity index (χ2n) is 9.71. The number of hydrogen-bond donors (Lipinski definition) is 3. The summed E-state index contributed by atoms with van der Waals surface area (Å²) < 4.78 is 16.1. The van der Waals surface area contributed by atoms with Crippen LogP contribution in [0.15, 0.2) is 54.9 Å². The Kier molecular flexibility index (Phi) is 6.73. The second kappa shape index (κ2) is 10.1. The van der Waals surface area contributed by atoms with Crippen LogP contribution >= 0.6 is 0 Å². The van der Waals surface area contributed by atoms with Crippen molar-refractivity contribution in [3.63, 3.8) is 0 Å². The third kappa shape index (κ3) is 5.03. The maximum absolute atomic E-state index is 14.2. The predicted molar refractivity (Wildman–Crippen MR) is 152 cm³/mol. The van der Waals surface area contributed by atoms with Crippen LogP contribution in [0.1, 0.15) is 6.92 Å². The van der Waals surface area contributed by atoms with Gasteiger partial charge in [0.15, 0.2) is 0 Å². The molecule has 1 amide bonds. The molecule has 0 saturated heterocycles. The molecule has 5 rings (SSSR count). The Bertz CT molecular complexity index is 1640. The summed E-state index contributed by atoms with van der Waals surface area (Å²) in [7, 11) is 7.98. The monoisotopic (exact) mass is 514 g/mol. The number of anilines is 4. The van der Waals surface area contributed by atoms with Gasteiger partial charge in [0.05, 0.1) is 17.1 Å². The molecule has 2 aromatic carbocycles. The lowest BCUT2D eigenvalue weighted by Gasteiger charge is -2.24. The van der Waals surface area contributed by atoms with E-state index in [1.165, 1.54) is 19.1 Å². The van der Waals surface area contributed by atoms with E-state index in [-0.39, 0.29) is 11.7 Å². The first-order chi connectivity index (χ1) is 18.2. The van der Waals surface area contributed by atoms with E-state index in [0.29, 0.717) is 23.0 Å². The summed E-state index contributed by atoms with van der Waals surface area (Å²) in [6, 6.07) is 12.4. The van der Waals surface area contributed by atoms with Gasteiger partial charge in [0.2, 0.25) is 11.9 Å². The molecule has 3 heterocycles. The Morgan fingerprint density at radius 3 is 2.63 bits per heavy atom. The molecule has 0 fully saturated rings. The van der Waals surface area contributed by atoms with Gasteiger partial charge in [-0.25, -0.2) is 9.37 Å². The van der Waals surface area contributed by atoms with E-state index in [1.807, 2.05) is 69.4 Å². The number of benzene rings is 2. The fourth-order valence-corrected chi connectivity index (χ4v) is 4.59. The van der Waals surface area contributed by atoms with Crippen LogP contribution < -0.4 is 15.5 Å². The molecule has 196 valence electrons. The number of halogens is 1. The predicted octanol–water partition coefficient (Wildman–Crippen LogP) is 4.96. The molecule has 0 saturated carbocycles. The van der Waals surface area contributed by atoms with Crippen molar-refractivity contribution < 1.29 is 9.18 Å². The minimum atomic E-state index is -0.302. The number of fused-ring (bicyclic) bond motifs is 2. The van der Waals surface area contributed by atoms with Crippen LogP contribution in [0.25, 0.3) is 33.2 Å². The van der Waals surface area contributed by atoms with Crippen molar-refractivity contribution >= 4 is 50.9 Å². The number of likely N-dealkylation sites (N-methyl/N-ethyl adjacent to an activating group) is 2. The number of nitrogens with zero attached hydrogens (tertiary/aromatic N) is 5. The molecule has 10 heteroatoms. The molecule has 3 N–H and O–H groups in total. The number of carbonyl (C=O) groups is 1. The van der Waals surface area contributed by atoms with Gasteiger partial charge in [-0.1, -0.05) is 0 Å². The molecular formula is C28H31FN8O. The van der Waals surface area contributed by atoms with E-state index in [1.54, 1.807) is 6.07 Å². The summed E-state index contributed by atoms with van der Waals surface area (Å²) in [5, 5.41) is 7.84. The van der Waals surface area contributed by atoms with E-state index >= 15 is 0 Å². The summed E-state index contributed by atoms with van der Waals surface area (Å²) in [6.07, 6.45) is 3.77. The van der Waals surface area contributed by atoms with Crippen LogP contribution in [-0.2, 0) is 11.8 Å². The van der Waals surface area contributed by atoms with E-state index < -0.39 is 0 Å². The van der Waals surface area contributed by atoms with Gasteiger partial charge in [-0.3, -0.25) is 4.79 Å². The number of hydrogen-bond acceptors (Lipinski definition) is 6. The maximum Gasteiger partial charge on any atom is 0.229 e. The lowest BCUT2D eigenvalue weighted by Crippen LogP contribution is -2.29. The Hall–Kier alpha value is -4.44. The Labute approximate surface area is 220 Å². The molecule has 0 spiro atoms. The zero-order valence-corrected chi connectivity index (χ0v) is 22.1. The molecule has 3 aromatic heterocycles. The number of rotatable bonds is 8. The third-order valence-corrected chi connectivity index (χ3v) is 6.48. The fourth-order valence-electron chi connectivity index (χ4n) is 4.59. The first kappa shape index (κ1) is 25.2. The number of H-pyrrole nitrogens is 1. The van der Waals surface area contributed by atoms with Crippen molar-refractivity contribution in [2.24, 2.45) is 7.05 Å². The molecule has 0 aliphatic heterocycles. The van der Waals surface area contributed by atoms with Crippen LogP contribution in [0, 0.1) is 5.82 Å². The molecule has 0 aliphatic rings. The lowest BCUT2D eigenvalue weighted by atomic mass is 10.1.